The van der Waals surface area contributed by atoms with E-state index in [1.54, 1.807) is 0 Å². The lowest BCUT2D eigenvalue weighted by Crippen LogP contribution is -2.58. The lowest BCUT2D eigenvalue weighted by Gasteiger charge is -2.44. The molecule has 112 valence electrons. The van der Waals surface area contributed by atoms with E-state index in [1.165, 1.54) is 0 Å². The van der Waals surface area contributed by atoms with Gasteiger partial charge in [-0.15, -0.1) is 0 Å². The quantitative estimate of drug-likeness (QED) is 0.829. The second-order valence-corrected chi connectivity index (χ2v) is 6.82. The molecule has 1 rings (SSSR count). The van der Waals surface area contributed by atoms with Crippen molar-refractivity contribution < 1.29 is 9.53 Å². The minimum Gasteiger partial charge on any atom is -0.378 e. The molecule has 19 heavy (non-hydrogen) atoms. The molecule has 0 saturated carbocycles. The fourth-order valence-corrected chi connectivity index (χ4v) is 2.24. The van der Waals surface area contributed by atoms with Crippen LogP contribution in [0.4, 0.5) is 0 Å². The highest BCUT2D eigenvalue weighted by Crippen LogP contribution is 2.20. The fourth-order valence-electron chi connectivity index (χ4n) is 2.24. The predicted octanol–water partition coefficient (Wildman–Crippen LogP) is 1.89. The number of carbonyl (C=O) groups is 1. The zero-order valence-corrected chi connectivity index (χ0v) is 13.3. The number of nitrogens with one attached hydrogen (secondary N) is 1. The summed E-state index contributed by atoms with van der Waals surface area (Å²) in [5.74, 6) is 0.616. The number of morpholine rings is 1. The number of ether oxygens (including phenoxy) is 1. The highest BCUT2D eigenvalue weighted by Gasteiger charge is 2.33. The van der Waals surface area contributed by atoms with Gasteiger partial charge in [0.05, 0.1) is 13.2 Å². The molecule has 1 aliphatic heterocycles. The second kappa shape index (κ2) is 6.71. The maximum Gasteiger partial charge on any atom is 0.222 e. The van der Waals surface area contributed by atoms with Crippen LogP contribution in [0.2, 0.25) is 0 Å². The minimum absolute atomic E-state index is 0.0407. The van der Waals surface area contributed by atoms with Crippen LogP contribution in [-0.4, -0.2) is 48.7 Å². The largest absolute Gasteiger partial charge is 0.378 e. The Bertz CT molecular complexity index is 301. The number of hydrogen-bond acceptors (Lipinski definition) is 3. The Kier molecular flexibility index (Phi) is 5.81. The normalized spacial score (nSPS) is 21.7. The van der Waals surface area contributed by atoms with Crippen LogP contribution in [0.3, 0.4) is 0 Å². The van der Waals surface area contributed by atoms with Crippen molar-refractivity contribution in [1.82, 2.24) is 10.2 Å². The first kappa shape index (κ1) is 16.4. The lowest BCUT2D eigenvalue weighted by atomic mass is 9.97. The van der Waals surface area contributed by atoms with Gasteiger partial charge in [-0.1, -0.05) is 27.7 Å². The Labute approximate surface area is 117 Å². The fraction of sp³-hybridized carbons (Fsp3) is 0.933. The van der Waals surface area contributed by atoms with Gasteiger partial charge in [0.25, 0.3) is 0 Å². The van der Waals surface area contributed by atoms with Crippen molar-refractivity contribution in [3.63, 3.8) is 0 Å². The van der Waals surface area contributed by atoms with Crippen molar-refractivity contribution in [3.05, 3.63) is 0 Å². The van der Waals surface area contributed by atoms with Crippen molar-refractivity contribution in [2.24, 2.45) is 11.8 Å². The van der Waals surface area contributed by atoms with Crippen molar-refractivity contribution in [2.45, 2.75) is 53.1 Å². The Balaban J connectivity index is 2.65. The number of rotatable bonds is 5. The Hall–Kier alpha value is -0.610. The van der Waals surface area contributed by atoms with Crippen LogP contribution < -0.4 is 5.32 Å². The summed E-state index contributed by atoms with van der Waals surface area (Å²) in [5.41, 5.74) is 0.0496. The highest BCUT2D eigenvalue weighted by atomic mass is 16.5. The number of nitrogens with zero attached hydrogens (tertiary/aromatic N) is 1. The molecule has 1 aliphatic rings. The molecule has 4 heteroatoms. The molecule has 1 amide bonds. The van der Waals surface area contributed by atoms with E-state index in [-0.39, 0.29) is 23.4 Å². The second-order valence-electron chi connectivity index (χ2n) is 6.82. The van der Waals surface area contributed by atoms with E-state index in [0.29, 0.717) is 5.92 Å². The third kappa shape index (κ3) is 4.77. The van der Waals surface area contributed by atoms with Crippen molar-refractivity contribution in [3.8, 4) is 0 Å². The topological polar surface area (TPSA) is 41.6 Å². The maximum absolute atomic E-state index is 11.9. The summed E-state index contributed by atoms with van der Waals surface area (Å²) in [6, 6.07) is 0.201. The van der Waals surface area contributed by atoms with Crippen LogP contribution in [0, 0.1) is 11.8 Å². The van der Waals surface area contributed by atoms with E-state index in [4.69, 9.17) is 4.74 Å². The van der Waals surface area contributed by atoms with E-state index in [2.05, 4.69) is 37.9 Å². The van der Waals surface area contributed by atoms with Crippen LogP contribution in [-0.2, 0) is 9.53 Å². The molecule has 0 aromatic heterocycles. The molecule has 0 bridgehead atoms. The van der Waals surface area contributed by atoms with Crippen LogP contribution in [0.1, 0.15) is 41.5 Å². The Morgan fingerprint density at radius 2 is 1.95 bits per heavy atom. The van der Waals surface area contributed by atoms with Crippen molar-refractivity contribution in [2.75, 3.05) is 26.3 Å². The van der Waals surface area contributed by atoms with Gasteiger partial charge in [-0.25, -0.2) is 0 Å². The van der Waals surface area contributed by atoms with E-state index < -0.39 is 0 Å². The molecule has 0 aromatic rings. The van der Waals surface area contributed by atoms with E-state index in [0.717, 1.165) is 26.3 Å². The van der Waals surface area contributed by atoms with Gasteiger partial charge in [0.2, 0.25) is 5.91 Å². The average Bonchev–Trinajstić information content (AvgIpc) is 2.29. The average molecular weight is 270 g/mol. The number of carbonyl (C=O) groups excluding carboxylic acids is 1. The van der Waals surface area contributed by atoms with Crippen LogP contribution in [0.25, 0.3) is 0 Å². The van der Waals surface area contributed by atoms with Gasteiger partial charge in [-0.2, -0.15) is 0 Å². The molecule has 1 saturated heterocycles. The molecular weight excluding hydrogens is 240 g/mol. The lowest BCUT2D eigenvalue weighted by molar-refractivity contribution is -0.125. The molecule has 1 heterocycles. The molecule has 0 aliphatic carbocycles. The van der Waals surface area contributed by atoms with Gasteiger partial charge in [0, 0.05) is 30.6 Å². The first-order valence-corrected chi connectivity index (χ1v) is 7.37. The summed E-state index contributed by atoms with van der Waals surface area (Å²) in [5, 5.41) is 3.18. The standard InChI is InChI=1S/C15H30N2O2/c1-11(2)13(16-14(18)12(3)4)9-17-7-8-19-10-15(17,5)6/h11-13H,7-10H2,1-6H3,(H,16,18)/t13-/m1/s1. The predicted molar refractivity (Wildman–Crippen MR) is 78.1 cm³/mol. The zero-order valence-electron chi connectivity index (χ0n) is 13.3. The monoisotopic (exact) mass is 270 g/mol. The molecular formula is C15H30N2O2. The summed E-state index contributed by atoms with van der Waals surface area (Å²) in [4.78, 5) is 14.3. The van der Waals surface area contributed by atoms with E-state index in [9.17, 15) is 4.79 Å². The third-order valence-electron chi connectivity index (χ3n) is 3.89. The van der Waals surface area contributed by atoms with Crippen LogP contribution in [0.5, 0.6) is 0 Å². The summed E-state index contributed by atoms with van der Waals surface area (Å²) in [6.45, 7) is 16.0. The van der Waals surface area contributed by atoms with E-state index in [1.807, 2.05) is 13.8 Å². The Morgan fingerprint density at radius 1 is 1.32 bits per heavy atom. The van der Waals surface area contributed by atoms with Crippen LogP contribution in [0.15, 0.2) is 0 Å². The first-order chi connectivity index (χ1) is 8.74. The van der Waals surface area contributed by atoms with E-state index >= 15 is 0 Å². The molecule has 4 nitrogen and oxygen atoms in total. The first-order valence-electron chi connectivity index (χ1n) is 7.37. The van der Waals surface area contributed by atoms with Gasteiger partial charge in [-0.3, -0.25) is 9.69 Å². The molecule has 0 unspecified atom stereocenters. The molecule has 0 aromatic carbocycles. The van der Waals surface area contributed by atoms with Gasteiger partial charge < -0.3 is 10.1 Å². The smallest absolute Gasteiger partial charge is 0.222 e. The van der Waals surface area contributed by atoms with Crippen molar-refractivity contribution in [1.29, 1.82) is 0 Å². The molecule has 1 atom stereocenters. The number of amides is 1. The SMILES string of the molecule is CC(C)C(=O)N[C@H](CN1CCOCC1(C)C)C(C)C. The molecule has 0 spiro atoms. The van der Waals surface area contributed by atoms with Gasteiger partial charge >= 0.3 is 0 Å². The summed E-state index contributed by atoms with van der Waals surface area (Å²) in [6.07, 6.45) is 0. The minimum atomic E-state index is 0.0407. The van der Waals surface area contributed by atoms with Crippen molar-refractivity contribution >= 4 is 5.91 Å². The highest BCUT2D eigenvalue weighted by molar-refractivity contribution is 5.78. The van der Waals surface area contributed by atoms with Gasteiger partial charge in [-0.05, 0) is 19.8 Å². The third-order valence-corrected chi connectivity index (χ3v) is 3.89. The molecule has 1 fully saturated rings. The van der Waals surface area contributed by atoms with Gasteiger partial charge in [0.15, 0.2) is 0 Å². The maximum atomic E-state index is 11.9. The molecule has 1 N–H and O–H groups in total. The Morgan fingerprint density at radius 3 is 2.42 bits per heavy atom. The van der Waals surface area contributed by atoms with Crippen LogP contribution >= 0.6 is 0 Å². The zero-order chi connectivity index (χ0) is 14.6. The summed E-state index contributed by atoms with van der Waals surface area (Å²) < 4.78 is 5.55. The summed E-state index contributed by atoms with van der Waals surface area (Å²) >= 11 is 0. The number of hydrogen-bond donors (Lipinski definition) is 1. The van der Waals surface area contributed by atoms with Gasteiger partial charge in [0.1, 0.15) is 0 Å². The summed E-state index contributed by atoms with van der Waals surface area (Å²) in [7, 11) is 0. The molecule has 0 radical (unpaired) electrons.